The van der Waals surface area contributed by atoms with Crippen LogP contribution in [-0.4, -0.2) is 47.8 Å². The molecule has 1 N–H and O–H groups in total. The van der Waals surface area contributed by atoms with Gasteiger partial charge in [-0.05, 0) is 17.7 Å². The van der Waals surface area contributed by atoms with Gasteiger partial charge in [0.1, 0.15) is 18.9 Å². The number of hydrogen-bond donors (Lipinski definition) is 1. The number of halogens is 1. The summed E-state index contributed by atoms with van der Waals surface area (Å²) < 4.78 is 12.7. The number of amides is 4. The molecule has 20 heavy (non-hydrogen) atoms. The predicted octanol–water partition coefficient (Wildman–Crippen LogP) is 0.336. The number of hydrogen-bond acceptors (Lipinski definition) is 3. The van der Waals surface area contributed by atoms with Crippen molar-refractivity contribution in [1.29, 1.82) is 0 Å². The van der Waals surface area contributed by atoms with E-state index in [2.05, 4.69) is 5.32 Å². The van der Waals surface area contributed by atoms with Gasteiger partial charge in [0.25, 0.3) is 5.91 Å². The molecule has 2 rings (SSSR count). The number of carbonyl (C=O) groups is 3. The van der Waals surface area contributed by atoms with Gasteiger partial charge >= 0.3 is 6.03 Å². The van der Waals surface area contributed by atoms with Crippen LogP contribution in [0.2, 0.25) is 0 Å². The van der Waals surface area contributed by atoms with Crippen molar-refractivity contribution in [2.75, 3.05) is 20.1 Å². The molecule has 0 saturated carbocycles. The number of rotatable bonds is 4. The lowest BCUT2D eigenvalue weighted by Gasteiger charge is -2.13. The molecule has 7 heteroatoms. The Hall–Kier alpha value is -2.44. The van der Waals surface area contributed by atoms with E-state index in [0.717, 1.165) is 10.5 Å². The van der Waals surface area contributed by atoms with E-state index < -0.39 is 17.8 Å². The van der Waals surface area contributed by atoms with Gasteiger partial charge in [0, 0.05) is 13.6 Å². The highest BCUT2D eigenvalue weighted by Gasteiger charge is 2.34. The van der Waals surface area contributed by atoms with E-state index in [9.17, 15) is 18.8 Å². The average molecular weight is 279 g/mol. The molecule has 1 saturated heterocycles. The smallest absolute Gasteiger partial charge is 0.327 e. The second-order valence-corrected chi connectivity index (χ2v) is 4.52. The number of nitrogens with one attached hydrogen (secondary N) is 1. The molecule has 1 aliphatic heterocycles. The molecule has 0 aliphatic carbocycles. The summed E-state index contributed by atoms with van der Waals surface area (Å²) in [5, 5.41) is 2.58. The first kappa shape index (κ1) is 14.0. The van der Waals surface area contributed by atoms with Crippen LogP contribution < -0.4 is 5.32 Å². The number of nitrogens with zero attached hydrogens (tertiary/aromatic N) is 2. The van der Waals surface area contributed by atoms with E-state index >= 15 is 0 Å². The summed E-state index contributed by atoms with van der Waals surface area (Å²) in [4.78, 5) is 36.9. The van der Waals surface area contributed by atoms with Crippen molar-refractivity contribution in [1.82, 2.24) is 15.1 Å². The van der Waals surface area contributed by atoms with Crippen LogP contribution in [0, 0.1) is 5.82 Å². The molecule has 0 radical (unpaired) electrons. The van der Waals surface area contributed by atoms with Gasteiger partial charge < -0.3 is 10.2 Å². The Kier molecular flexibility index (Phi) is 3.97. The van der Waals surface area contributed by atoms with Crippen molar-refractivity contribution >= 4 is 17.8 Å². The summed E-state index contributed by atoms with van der Waals surface area (Å²) in [6.45, 7) is -0.0988. The first-order valence-corrected chi connectivity index (χ1v) is 6.04. The fraction of sp³-hybridized carbons (Fsp3) is 0.308. The lowest BCUT2D eigenvalue weighted by molar-refractivity contribution is -0.130. The highest BCUT2D eigenvalue weighted by molar-refractivity contribution is 6.04. The maximum atomic E-state index is 12.7. The molecule has 0 atom stereocenters. The Labute approximate surface area is 115 Å². The van der Waals surface area contributed by atoms with Gasteiger partial charge in [-0.25, -0.2) is 9.18 Å². The Morgan fingerprint density at radius 3 is 2.50 bits per heavy atom. The van der Waals surface area contributed by atoms with Crippen molar-refractivity contribution in [3.05, 3.63) is 35.6 Å². The summed E-state index contributed by atoms with van der Waals surface area (Å²) in [6.07, 6.45) is 0. The van der Waals surface area contributed by atoms with E-state index in [1.54, 1.807) is 12.1 Å². The van der Waals surface area contributed by atoms with Gasteiger partial charge in [0.2, 0.25) is 5.91 Å². The number of carbonyl (C=O) groups excluding carboxylic acids is 3. The Bertz CT molecular complexity index is 544. The van der Waals surface area contributed by atoms with Crippen LogP contribution in [0.25, 0.3) is 0 Å². The van der Waals surface area contributed by atoms with Crippen molar-refractivity contribution in [2.24, 2.45) is 0 Å². The second-order valence-electron chi connectivity index (χ2n) is 4.52. The van der Waals surface area contributed by atoms with Crippen LogP contribution in [0.3, 0.4) is 0 Å². The van der Waals surface area contributed by atoms with Crippen molar-refractivity contribution in [3.63, 3.8) is 0 Å². The molecular weight excluding hydrogens is 265 g/mol. The average Bonchev–Trinajstić information content (AvgIpc) is 2.65. The van der Waals surface area contributed by atoms with Crippen molar-refractivity contribution in [3.8, 4) is 0 Å². The first-order valence-electron chi connectivity index (χ1n) is 6.04. The fourth-order valence-corrected chi connectivity index (χ4v) is 1.83. The van der Waals surface area contributed by atoms with E-state index in [-0.39, 0.29) is 25.5 Å². The minimum absolute atomic E-state index is 0.00985. The summed E-state index contributed by atoms with van der Waals surface area (Å²) in [5.74, 6) is -1.18. The molecule has 1 aromatic carbocycles. The number of urea groups is 1. The number of imide groups is 1. The van der Waals surface area contributed by atoms with Crippen LogP contribution in [0.1, 0.15) is 5.56 Å². The zero-order valence-corrected chi connectivity index (χ0v) is 10.9. The van der Waals surface area contributed by atoms with Crippen LogP contribution >= 0.6 is 0 Å². The second kappa shape index (κ2) is 5.68. The van der Waals surface area contributed by atoms with Gasteiger partial charge in [-0.15, -0.1) is 0 Å². The van der Waals surface area contributed by atoms with E-state index in [1.807, 2.05) is 0 Å². The molecule has 0 aromatic heterocycles. The van der Waals surface area contributed by atoms with Crippen LogP contribution in [0.4, 0.5) is 9.18 Å². The molecule has 1 heterocycles. The largest absolute Gasteiger partial charge is 0.350 e. The summed E-state index contributed by atoms with van der Waals surface area (Å²) in [5.41, 5.74) is 0.732. The van der Waals surface area contributed by atoms with E-state index in [4.69, 9.17) is 0 Å². The summed E-state index contributed by atoms with van der Waals surface area (Å²) in [7, 11) is 1.50. The molecule has 1 aromatic rings. The minimum Gasteiger partial charge on any atom is -0.350 e. The fourth-order valence-electron chi connectivity index (χ4n) is 1.83. The standard InChI is InChI=1S/C13H14FN3O3/c1-16-8-12(19)17(13(16)20)7-11(18)15-6-9-2-4-10(14)5-3-9/h2-5H,6-8H2,1H3,(H,15,18). The highest BCUT2D eigenvalue weighted by atomic mass is 19.1. The van der Waals surface area contributed by atoms with Crippen LogP contribution in [0.5, 0.6) is 0 Å². The molecule has 1 aliphatic rings. The van der Waals surface area contributed by atoms with Gasteiger partial charge in [0.05, 0.1) is 0 Å². The monoisotopic (exact) mass is 279 g/mol. The first-order chi connectivity index (χ1) is 9.47. The normalized spacial score (nSPS) is 14.9. The number of benzene rings is 1. The minimum atomic E-state index is -0.480. The molecule has 1 fully saturated rings. The lowest BCUT2D eigenvalue weighted by Crippen LogP contribution is -2.40. The Morgan fingerprint density at radius 2 is 1.95 bits per heavy atom. The third kappa shape index (κ3) is 3.11. The topological polar surface area (TPSA) is 69.7 Å². The SMILES string of the molecule is CN1CC(=O)N(CC(=O)NCc2ccc(F)cc2)C1=O. The van der Waals surface area contributed by atoms with Gasteiger partial charge in [-0.1, -0.05) is 12.1 Å². The van der Waals surface area contributed by atoms with Gasteiger partial charge in [-0.2, -0.15) is 0 Å². The molecule has 0 spiro atoms. The van der Waals surface area contributed by atoms with Crippen molar-refractivity contribution < 1.29 is 18.8 Å². The summed E-state index contributed by atoms with van der Waals surface area (Å²) >= 11 is 0. The molecule has 0 unspecified atom stereocenters. The molecular formula is C13H14FN3O3. The Morgan fingerprint density at radius 1 is 1.30 bits per heavy atom. The predicted molar refractivity (Wildman–Crippen MR) is 68.0 cm³/mol. The maximum Gasteiger partial charge on any atom is 0.327 e. The van der Waals surface area contributed by atoms with Crippen molar-refractivity contribution in [2.45, 2.75) is 6.54 Å². The molecule has 4 amide bonds. The Balaban J connectivity index is 1.85. The summed E-state index contributed by atoms with van der Waals surface area (Å²) in [6, 6.07) is 5.21. The molecule has 106 valence electrons. The third-order valence-corrected chi connectivity index (χ3v) is 2.94. The molecule has 0 bridgehead atoms. The van der Waals surface area contributed by atoms with E-state index in [0.29, 0.717) is 0 Å². The zero-order valence-electron chi connectivity index (χ0n) is 10.9. The van der Waals surface area contributed by atoms with E-state index in [1.165, 1.54) is 24.1 Å². The van der Waals surface area contributed by atoms with Gasteiger partial charge in [0.15, 0.2) is 0 Å². The maximum absolute atomic E-state index is 12.7. The third-order valence-electron chi connectivity index (χ3n) is 2.94. The lowest BCUT2D eigenvalue weighted by atomic mass is 10.2. The number of likely N-dealkylation sites (N-methyl/N-ethyl adjacent to an activating group) is 1. The van der Waals surface area contributed by atoms with Crippen LogP contribution in [0.15, 0.2) is 24.3 Å². The van der Waals surface area contributed by atoms with Gasteiger partial charge in [-0.3, -0.25) is 14.5 Å². The van der Waals surface area contributed by atoms with Crippen LogP contribution in [-0.2, 0) is 16.1 Å². The molecule has 6 nitrogen and oxygen atoms in total. The zero-order chi connectivity index (χ0) is 14.7. The highest BCUT2D eigenvalue weighted by Crippen LogP contribution is 2.07. The quantitative estimate of drug-likeness (QED) is 0.808.